The van der Waals surface area contributed by atoms with E-state index in [4.69, 9.17) is 12.0 Å². The molecule has 0 aromatic rings. The number of rotatable bonds is 7. The normalized spacial score (nSPS) is 21.2. The Morgan fingerprint density at radius 3 is 2.83 bits per heavy atom. The Bertz CT molecular complexity index is 250. The number of carboxylic acid groups (broad SMARTS) is 1. The summed E-state index contributed by atoms with van der Waals surface area (Å²) in [6, 6.07) is 0. The lowest BCUT2D eigenvalue weighted by molar-refractivity contribution is -0.137. The quantitative estimate of drug-likeness (QED) is 0.649. The van der Waals surface area contributed by atoms with Gasteiger partial charge in [0.2, 0.25) is 0 Å². The molecule has 0 bridgehead atoms. The van der Waals surface area contributed by atoms with Crippen molar-refractivity contribution in [2.75, 3.05) is 0 Å². The Morgan fingerprint density at radius 1 is 1.58 bits per heavy atom. The van der Waals surface area contributed by atoms with E-state index in [-0.39, 0.29) is 18.8 Å². The molecule has 0 saturated carbocycles. The maximum atomic E-state index is 10.5. The van der Waals surface area contributed by atoms with E-state index >= 15 is 0 Å². The summed E-state index contributed by atoms with van der Waals surface area (Å²) in [5.41, 5.74) is 0. The molecule has 0 radical (unpaired) electrons. The predicted octanol–water partition coefficient (Wildman–Crippen LogP) is 3.07. The van der Waals surface area contributed by atoms with E-state index in [2.05, 4.69) is 0 Å². The Kier molecular flexibility index (Phi) is 3.12. The highest BCUT2D eigenvalue weighted by Crippen LogP contribution is 2.18. The third-order valence-electron chi connectivity index (χ3n) is 1.85. The highest BCUT2D eigenvalue weighted by molar-refractivity contribution is 5.66. The summed E-state index contributed by atoms with van der Waals surface area (Å²) in [5.74, 6) is -1.12. The van der Waals surface area contributed by atoms with E-state index in [1.54, 1.807) is 0 Å². The van der Waals surface area contributed by atoms with Crippen molar-refractivity contribution >= 4 is 5.97 Å². The van der Waals surface area contributed by atoms with Gasteiger partial charge < -0.3 is 5.11 Å². The first kappa shape index (κ1) is 5.25. The van der Waals surface area contributed by atoms with Crippen molar-refractivity contribution in [1.82, 2.24) is 0 Å². The molecule has 12 heavy (non-hydrogen) atoms. The van der Waals surface area contributed by atoms with Crippen molar-refractivity contribution < 1.29 is 16.8 Å². The second-order valence-corrected chi connectivity index (χ2v) is 2.97. The van der Waals surface area contributed by atoms with Gasteiger partial charge in [-0.25, -0.2) is 0 Å². The molecular formula is C10H20O2. The summed E-state index contributed by atoms with van der Waals surface area (Å²) in [6.45, 7) is -0.735. The first-order valence-electron chi connectivity index (χ1n) is 6.82. The highest BCUT2D eigenvalue weighted by atomic mass is 16.4. The Balaban J connectivity index is 4.47. The van der Waals surface area contributed by atoms with Crippen molar-refractivity contribution in [3.05, 3.63) is 0 Å². The van der Waals surface area contributed by atoms with E-state index in [0.717, 1.165) is 6.42 Å². The molecule has 0 saturated heterocycles. The van der Waals surface area contributed by atoms with Crippen LogP contribution in [-0.2, 0) is 4.79 Å². The third kappa shape index (κ3) is 6.20. The molecule has 0 heterocycles. The number of hydrogen-bond acceptors (Lipinski definition) is 1. The first-order chi connectivity index (χ1) is 7.60. The van der Waals surface area contributed by atoms with Crippen molar-refractivity contribution in [3.8, 4) is 0 Å². The number of carboxylic acids is 1. The lowest BCUT2D eigenvalue weighted by Crippen LogP contribution is -2.04. The van der Waals surface area contributed by atoms with Crippen LogP contribution in [0.5, 0.6) is 0 Å². The van der Waals surface area contributed by atoms with Gasteiger partial charge in [-0.15, -0.1) is 0 Å². The maximum Gasteiger partial charge on any atom is 0.303 e. The van der Waals surface area contributed by atoms with E-state index < -0.39 is 19.2 Å². The fourth-order valence-electron chi connectivity index (χ4n) is 1.23. The molecule has 0 aliphatic rings. The molecule has 0 fully saturated rings. The molecule has 2 heteroatoms. The minimum absolute atomic E-state index is 0.0399. The number of aliphatic carboxylic acids is 1. The van der Waals surface area contributed by atoms with E-state index in [9.17, 15) is 4.79 Å². The van der Waals surface area contributed by atoms with Gasteiger partial charge in [0, 0.05) is 13.3 Å². The summed E-state index contributed by atoms with van der Waals surface area (Å²) < 4.78 is 36.4. The van der Waals surface area contributed by atoms with Gasteiger partial charge in [0.1, 0.15) is 0 Å². The van der Waals surface area contributed by atoms with Gasteiger partial charge in [0.05, 0.1) is 0 Å². The van der Waals surface area contributed by atoms with Crippen LogP contribution in [-0.4, -0.2) is 11.1 Å². The van der Waals surface area contributed by atoms with Crippen molar-refractivity contribution in [2.24, 2.45) is 5.92 Å². The van der Waals surface area contributed by atoms with Gasteiger partial charge in [-0.05, 0) is 12.3 Å². The second-order valence-electron chi connectivity index (χ2n) is 2.97. The van der Waals surface area contributed by atoms with Crippen LogP contribution in [0.2, 0.25) is 0 Å². The molecule has 1 N–H and O–H groups in total. The zero-order valence-electron chi connectivity index (χ0n) is 12.5. The molecule has 0 spiro atoms. The standard InChI is InChI=1S/C10H20O2/c1-3-5-9(6-4-2)7-8-10(11)12/h9H,3-8H2,1-2H3,(H,11,12)/i1D3,3D2/t9-/m0/s1. The number of carbonyl (C=O) groups is 1. The molecule has 0 aliphatic heterocycles. The molecule has 0 rings (SSSR count). The van der Waals surface area contributed by atoms with Gasteiger partial charge >= 0.3 is 5.97 Å². The van der Waals surface area contributed by atoms with Crippen LogP contribution in [0.4, 0.5) is 0 Å². The first-order valence-corrected chi connectivity index (χ1v) is 4.32. The topological polar surface area (TPSA) is 37.3 Å². The number of hydrogen-bond donors (Lipinski definition) is 1. The molecule has 0 unspecified atom stereocenters. The molecule has 0 aromatic heterocycles. The molecule has 0 aromatic carbocycles. The van der Waals surface area contributed by atoms with Gasteiger partial charge in [-0.2, -0.15) is 0 Å². The lowest BCUT2D eigenvalue weighted by atomic mass is 9.93. The van der Waals surface area contributed by atoms with E-state index in [1.165, 1.54) is 0 Å². The fourth-order valence-corrected chi connectivity index (χ4v) is 1.23. The van der Waals surface area contributed by atoms with E-state index in [0.29, 0.717) is 12.8 Å². The van der Waals surface area contributed by atoms with Crippen molar-refractivity contribution in [1.29, 1.82) is 0 Å². The van der Waals surface area contributed by atoms with Crippen LogP contribution >= 0.6 is 0 Å². The van der Waals surface area contributed by atoms with Gasteiger partial charge in [0.15, 0.2) is 0 Å². The van der Waals surface area contributed by atoms with Crippen LogP contribution in [0.3, 0.4) is 0 Å². The van der Waals surface area contributed by atoms with Crippen molar-refractivity contribution in [3.63, 3.8) is 0 Å². The Labute approximate surface area is 82.0 Å². The highest BCUT2D eigenvalue weighted by Gasteiger charge is 2.08. The average Bonchev–Trinajstić information content (AvgIpc) is 2.12. The molecule has 2 nitrogen and oxygen atoms in total. The maximum absolute atomic E-state index is 10.5. The third-order valence-corrected chi connectivity index (χ3v) is 1.85. The Hall–Kier alpha value is -0.530. The SMILES string of the molecule is [2H]C([2H])([2H])C([2H])([2H])C[C@@H](CCC)CCC(=O)O. The summed E-state index contributed by atoms with van der Waals surface area (Å²) >= 11 is 0. The van der Waals surface area contributed by atoms with Crippen LogP contribution in [0, 0.1) is 5.92 Å². The Morgan fingerprint density at radius 2 is 2.33 bits per heavy atom. The van der Waals surface area contributed by atoms with Crippen LogP contribution in [0.1, 0.15) is 59.1 Å². The monoisotopic (exact) mass is 177 g/mol. The van der Waals surface area contributed by atoms with Crippen LogP contribution < -0.4 is 0 Å². The summed E-state index contributed by atoms with van der Waals surface area (Å²) in [4.78, 5) is 10.5. The smallest absolute Gasteiger partial charge is 0.303 e. The zero-order valence-corrected chi connectivity index (χ0v) is 7.47. The van der Waals surface area contributed by atoms with Crippen LogP contribution in [0.15, 0.2) is 0 Å². The van der Waals surface area contributed by atoms with Gasteiger partial charge in [0.25, 0.3) is 0 Å². The molecule has 72 valence electrons. The summed E-state index contributed by atoms with van der Waals surface area (Å²) in [6.07, 6.45) is -0.610. The largest absolute Gasteiger partial charge is 0.481 e. The molecule has 1 atom stereocenters. The molecule has 0 aliphatic carbocycles. The summed E-state index contributed by atoms with van der Waals surface area (Å²) in [5, 5.41) is 8.58. The van der Waals surface area contributed by atoms with E-state index in [1.807, 2.05) is 6.92 Å². The lowest BCUT2D eigenvalue weighted by Gasteiger charge is -2.12. The van der Waals surface area contributed by atoms with Gasteiger partial charge in [-0.3, -0.25) is 4.79 Å². The van der Waals surface area contributed by atoms with Crippen molar-refractivity contribution in [2.45, 2.75) is 52.3 Å². The molecular weight excluding hydrogens is 152 g/mol. The molecule has 0 amide bonds. The minimum Gasteiger partial charge on any atom is -0.481 e. The average molecular weight is 177 g/mol. The summed E-state index contributed by atoms with van der Waals surface area (Å²) in [7, 11) is 0. The predicted molar refractivity (Wildman–Crippen MR) is 50.2 cm³/mol. The second kappa shape index (κ2) is 7.14. The van der Waals surface area contributed by atoms with Crippen LogP contribution in [0.25, 0.3) is 0 Å². The van der Waals surface area contributed by atoms with Gasteiger partial charge in [-0.1, -0.05) is 39.4 Å². The minimum atomic E-state index is -2.65. The fraction of sp³-hybridized carbons (Fsp3) is 0.900. The zero-order chi connectivity index (χ0) is 13.7.